The second kappa shape index (κ2) is 10.9. The number of carbonyl (C=O) groups excluding carboxylic acids is 1. The van der Waals surface area contributed by atoms with Gasteiger partial charge in [-0.1, -0.05) is 18.2 Å². The molecule has 28 heavy (non-hydrogen) atoms. The summed E-state index contributed by atoms with van der Waals surface area (Å²) in [6.07, 6.45) is 1.10. The average Bonchev–Trinajstić information content (AvgIpc) is 2.67. The van der Waals surface area contributed by atoms with Crippen molar-refractivity contribution in [3.05, 3.63) is 30.3 Å². The van der Waals surface area contributed by atoms with Crippen LogP contribution < -0.4 is 10.0 Å². The van der Waals surface area contributed by atoms with Gasteiger partial charge in [0.15, 0.2) is 0 Å². The van der Waals surface area contributed by atoms with Crippen molar-refractivity contribution in [1.29, 1.82) is 0 Å². The van der Waals surface area contributed by atoms with E-state index >= 15 is 0 Å². The Morgan fingerprint density at radius 2 is 1.96 bits per heavy atom. The van der Waals surface area contributed by atoms with Crippen molar-refractivity contribution in [3.8, 4) is 0 Å². The largest absolute Gasteiger partial charge is 0.394 e. The van der Waals surface area contributed by atoms with Crippen LogP contribution in [0.4, 0.5) is 0 Å². The van der Waals surface area contributed by atoms with Crippen molar-refractivity contribution in [2.45, 2.75) is 48.8 Å². The van der Waals surface area contributed by atoms with Gasteiger partial charge in [-0.05, 0) is 52.0 Å². The molecule has 1 aliphatic rings. The van der Waals surface area contributed by atoms with Crippen molar-refractivity contribution in [3.63, 3.8) is 0 Å². The van der Waals surface area contributed by atoms with E-state index < -0.39 is 22.2 Å². The lowest BCUT2D eigenvalue weighted by molar-refractivity contribution is -0.130. The van der Waals surface area contributed by atoms with E-state index in [-0.39, 0.29) is 29.9 Å². The monoisotopic (exact) mass is 413 g/mol. The van der Waals surface area contributed by atoms with E-state index in [4.69, 9.17) is 4.74 Å². The lowest BCUT2D eigenvalue weighted by Crippen LogP contribution is -2.51. The lowest BCUT2D eigenvalue weighted by Gasteiger charge is -2.35. The van der Waals surface area contributed by atoms with E-state index in [1.165, 1.54) is 12.1 Å². The molecule has 158 valence electrons. The Hall–Kier alpha value is -1.52. The van der Waals surface area contributed by atoms with E-state index in [1.807, 2.05) is 14.1 Å². The summed E-state index contributed by atoms with van der Waals surface area (Å²) >= 11 is 0. The van der Waals surface area contributed by atoms with E-state index in [2.05, 4.69) is 14.9 Å². The number of hydrogen-bond donors (Lipinski definition) is 3. The number of carbonyl (C=O) groups is 1. The average molecular weight is 414 g/mol. The first-order valence-electron chi connectivity index (χ1n) is 9.57. The highest BCUT2D eigenvalue weighted by Crippen LogP contribution is 2.23. The predicted molar refractivity (Wildman–Crippen MR) is 106 cm³/mol. The van der Waals surface area contributed by atoms with Gasteiger partial charge in [0.05, 0.1) is 36.2 Å². The first-order valence-corrected chi connectivity index (χ1v) is 11.0. The fourth-order valence-corrected chi connectivity index (χ4v) is 4.51. The fourth-order valence-electron chi connectivity index (χ4n) is 3.19. The van der Waals surface area contributed by atoms with Crippen LogP contribution in [0, 0.1) is 0 Å². The first kappa shape index (κ1) is 22.8. The fraction of sp³-hybridized carbons (Fsp3) is 0.632. The molecule has 3 atom stereocenters. The number of aliphatic hydroxyl groups is 1. The van der Waals surface area contributed by atoms with E-state index in [9.17, 15) is 18.3 Å². The molecule has 3 N–H and O–H groups in total. The highest BCUT2D eigenvalue weighted by Gasteiger charge is 2.34. The molecule has 0 bridgehead atoms. The predicted octanol–water partition coefficient (Wildman–Crippen LogP) is 0.331. The van der Waals surface area contributed by atoms with Gasteiger partial charge in [-0.15, -0.1) is 0 Å². The van der Waals surface area contributed by atoms with Gasteiger partial charge in [0.1, 0.15) is 0 Å². The van der Waals surface area contributed by atoms with Gasteiger partial charge in [0, 0.05) is 6.54 Å². The maximum Gasteiger partial charge on any atom is 0.240 e. The zero-order valence-corrected chi connectivity index (χ0v) is 17.3. The molecule has 1 aromatic rings. The number of nitrogens with zero attached hydrogens (tertiary/aromatic N) is 1. The summed E-state index contributed by atoms with van der Waals surface area (Å²) in [5.41, 5.74) is 0. The van der Waals surface area contributed by atoms with Gasteiger partial charge >= 0.3 is 0 Å². The second-order valence-corrected chi connectivity index (χ2v) is 9.02. The highest BCUT2D eigenvalue weighted by molar-refractivity contribution is 7.89. The molecule has 0 saturated carbocycles. The number of benzene rings is 1. The molecular formula is C19H31N3O5S. The molecule has 1 aromatic carbocycles. The summed E-state index contributed by atoms with van der Waals surface area (Å²) in [6, 6.07) is 7.56. The Morgan fingerprint density at radius 3 is 2.61 bits per heavy atom. The number of amides is 1. The van der Waals surface area contributed by atoms with Crippen LogP contribution >= 0.6 is 0 Å². The van der Waals surface area contributed by atoms with Crippen molar-refractivity contribution >= 4 is 15.9 Å². The van der Waals surface area contributed by atoms with Gasteiger partial charge in [0.25, 0.3) is 0 Å². The Bertz CT molecular complexity index is 712. The van der Waals surface area contributed by atoms with Crippen molar-refractivity contribution < 1.29 is 23.1 Å². The van der Waals surface area contributed by atoms with Gasteiger partial charge in [-0.25, -0.2) is 13.1 Å². The molecule has 0 spiro atoms. The molecule has 1 fully saturated rings. The lowest BCUT2D eigenvalue weighted by atomic mass is 9.98. The summed E-state index contributed by atoms with van der Waals surface area (Å²) in [5, 5.41) is 12.5. The molecule has 1 heterocycles. The van der Waals surface area contributed by atoms with Crippen LogP contribution in [0.2, 0.25) is 0 Å². The number of rotatable bonds is 10. The number of nitrogens with one attached hydrogen (secondary N) is 2. The molecular weight excluding hydrogens is 382 g/mol. The zero-order valence-electron chi connectivity index (χ0n) is 16.5. The van der Waals surface area contributed by atoms with Crippen molar-refractivity contribution in [2.24, 2.45) is 0 Å². The van der Waals surface area contributed by atoms with Crippen LogP contribution in [0.15, 0.2) is 35.2 Å². The van der Waals surface area contributed by atoms with Gasteiger partial charge in [-0.3, -0.25) is 4.79 Å². The smallest absolute Gasteiger partial charge is 0.240 e. The Morgan fingerprint density at radius 1 is 1.25 bits per heavy atom. The van der Waals surface area contributed by atoms with E-state index in [0.717, 1.165) is 13.0 Å². The molecule has 2 rings (SSSR count). The molecule has 8 nitrogen and oxygen atoms in total. The van der Waals surface area contributed by atoms with E-state index in [0.29, 0.717) is 19.4 Å². The number of ether oxygens (including phenoxy) is 1. The summed E-state index contributed by atoms with van der Waals surface area (Å²) in [6.45, 7) is 1.19. The normalized spacial score (nSPS) is 22.9. The minimum atomic E-state index is -3.69. The van der Waals surface area contributed by atoms with Crippen LogP contribution in [0.3, 0.4) is 0 Å². The summed E-state index contributed by atoms with van der Waals surface area (Å²) in [4.78, 5) is 14.3. The van der Waals surface area contributed by atoms with E-state index in [1.54, 1.807) is 18.2 Å². The number of hydrogen-bond acceptors (Lipinski definition) is 6. The van der Waals surface area contributed by atoms with Crippen LogP contribution in [-0.2, 0) is 19.6 Å². The van der Waals surface area contributed by atoms with Crippen LogP contribution in [0.1, 0.15) is 25.7 Å². The van der Waals surface area contributed by atoms with Crippen LogP contribution in [0.25, 0.3) is 0 Å². The number of aliphatic hydroxyl groups excluding tert-OH is 1. The van der Waals surface area contributed by atoms with Crippen molar-refractivity contribution in [2.75, 3.05) is 33.8 Å². The summed E-state index contributed by atoms with van der Waals surface area (Å²) < 4.78 is 33.4. The molecule has 0 radical (unpaired) electrons. The highest BCUT2D eigenvalue weighted by atomic mass is 32.2. The summed E-state index contributed by atoms with van der Waals surface area (Å²) in [7, 11) is 0.273. The van der Waals surface area contributed by atoms with Crippen LogP contribution in [-0.4, -0.2) is 76.4 Å². The standard InChI is InChI=1S/C19H31N3O5S/c1-22(2)12-6-11-20-19(24)13-15-9-10-17(18(14-23)27-15)21-28(25,26)16-7-4-3-5-8-16/h3-5,7-8,15,17-18,21,23H,6,9-14H2,1-2H3,(H,20,24)/t15-,17+,18+/m0/s1. The molecule has 0 aromatic heterocycles. The SMILES string of the molecule is CN(C)CCCNC(=O)C[C@@H]1CC[C@@H](NS(=O)(=O)c2ccccc2)[C@@H](CO)O1. The second-order valence-electron chi connectivity index (χ2n) is 7.31. The molecule has 0 unspecified atom stereocenters. The van der Waals surface area contributed by atoms with Crippen molar-refractivity contribution in [1.82, 2.24) is 14.9 Å². The molecule has 1 saturated heterocycles. The first-order chi connectivity index (χ1) is 13.3. The summed E-state index contributed by atoms with van der Waals surface area (Å²) in [5.74, 6) is -0.0937. The Labute approximate surface area is 167 Å². The topological polar surface area (TPSA) is 108 Å². The third-order valence-corrected chi connectivity index (χ3v) is 6.18. The third-order valence-electron chi connectivity index (χ3n) is 4.67. The van der Waals surface area contributed by atoms with Crippen LogP contribution in [0.5, 0.6) is 0 Å². The van der Waals surface area contributed by atoms with Gasteiger partial charge < -0.3 is 20.1 Å². The molecule has 1 aliphatic heterocycles. The van der Waals surface area contributed by atoms with Gasteiger partial charge in [-0.2, -0.15) is 0 Å². The maximum atomic E-state index is 12.5. The Balaban J connectivity index is 1.83. The quantitative estimate of drug-likeness (QED) is 0.477. The maximum absolute atomic E-state index is 12.5. The minimum absolute atomic E-state index is 0.0937. The number of sulfonamides is 1. The third kappa shape index (κ3) is 7.14. The zero-order chi connectivity index (χ0) is 20.6. The molecule has 9 heteroatoms. The Kier molecular flexibility index (Phi) is 8.84. The molecule has 1 amide bonds. The molecule has 0 aliphatic carbocycles. The minimum Gasteiger partial charge on any atom is -0.394 e. The van der Waals surface area contributed by atoms with Gasteiger partial charge in [0.2, 0.25) is 15.9 Å².